The first-order chi connectivity index (χ1) is 8.54. The van der Waals surface area contributed by atoms with E-state index in [1.54, 1.807) is 11.8 Å². The Morgan fingerprint density at radius 2 is 2.05 bits per heavy atom. The van der Waals surface area contributed by atoms with Crippen LogP contribution in [0.3, 0.4) is 0 Å². The number of methoxy groups -OCH3 is 1. The van der Waals surface area contributed by atoms with E-state index in [4.69, 9.17) is 10.5 Å². The summed E-state index contributed by atoms with van der Waals surface area (Å²) in [7, 11) is 1.52. The van der Waals surface area contributed by atoms with Crippen molar-refractivity contribution in [2.45, 2.75) is 30.0 Å². The lowest BCUT2D eigenvalue weighted by molar-refractivity contribution is -0.118. The van der Waals surface area contributed by atoms with Crippen LogP contribution >= 0.6 is 24.2 Å². The van der Waals surface area contributed by atoms with E-state index in [1.807, 2.05) is 24.3 Å². The standard InChI is InChI=1S/C13H20N2O2S.ClH/c1-9(2)18-12-7-5-4-6-11(12)15-13(16)10(14)8-17-3;/h4-7,9-10H,8,14H2,1-3H3,(H,15,16);1H. The van der Waals surface area contributed by atoms with Crippen molar-refractivity contribution in [3.63, 3.8) is 0 Å². The number of hydrogen-bond donors (Lipinski definition) is 2. The van der Waals surface area contributed by atoms with Crippen LogP contribution < -0.4 is 11.1 Å². The van der Waals surface area contributed by atoms with Crippen LogP contribution in [0.1, 0.15) is 13.8 Å². The lowest BCUT2D eigenvalue weighted by atomic mass is 10.2. The predicted molar refractivity (Wildman–Crippen MR) is 83.2 cm³/mol. The minimum absolute atomic E-state index is 0. The van der Waals surface area contributed by atoms with Crippen LogP contribution in [-0.4, -0.2) is 30.9 Å². The van der Waals surface area contributed by atoms with E-state index in [2.05, 4.69) is 19.2 Å². The number of thioether (sulfide) groups is 1. The molecule has 0 aliphatic rings. The van der Waals surface area contributed by atoms with Crippen LogP contribution in [0.5, 0.6) is 0 Å². The molecule has 0 aliphatic heterocycles. The third kappa shape index (κ3) is 6.29. The summed E-state index contributed by atoms with van der Waals surface area (Å²) in [6, 6.07) is 7.06. The molecule has 0 spiro atoms. The van der Waals surface area contributed by atoms with E-state index in [-0.39, 0.29) is 24.9 Å². The number of rotatable bonds is 6. The van der Waals surface area contributed by atoms with E-state index in [9.17, 15) is 4.79 Å². The second kappa shape index (κ2) is 9.20. The average molecular weight is 305 g/mol. The third-order valence-corrected chi connectivity index (χ3v) is 3.27. The van der Waals surface area contributed by atoms with Crippen molar-refractivity contribution in [1.82, 2.24) is 0 Å². The Labute approximate surface area is 124 Å². The van der Waals surface area contributed by atoms with Crippen molar-refractivity contribution < 1.29 is 9.53 Å². The fourth-order valence-corrected chi connectivity index (χ4v) is 2.32. The fourth-order valence-electron chi connectivity index (χ4n) is 1.41. The zero-order valence-corrected chi connectivity index (χ0v) is 13.0. The van der Waals surface area contributed by atoms with Gasteiger partial charge in [-0.1, -0.05) is 26.0 Å². The van der Waals surface area contributed by atoms with Crippen molar-refractivity contribution in [3.8, 4) is 0 Å². The zero-order valence-electron chi connectivity index (χ0n) is 11.4. The molecule has 1 aromatic carbocycles. The Morgan fingerprint density at radius 1 is 1.42 bits per heavy atom. The van der Waals surface area contributed by atoms with Crippen LogP contribution in [0, 0.1) is 0 Å². The molecule has 1 aromatic rings. The highest BCUT2D eigenvalue weighted by molar-refractivity contribution is 8.00. The highest BCUT2D eigenvalue weighted by atomic mass is 35.5. The number of nitrogens with two attached hydrogens (primary N) is 1. The van der Waals surface area contributed by atoms with Gasteiger partial charge in [0.15, 0.2) is 0 Å². The maximum Gasteiger partial charge on any atom is 0.243 e. The normalized spacial score (nSPS) is 11.8. The van der Waals surface area contributed by atoms with Gasteiger partial charge >= 0.3 is 0 Å². The Hall–Kier alpha value is -0.750. The Kier molecular flexibility index (Phi) is 8.84. The summed E-state index contributed by atoms with van der Waals surface area (Å²) >= 11 is 1.71. The van der Waals surface area contributed by atoms with Gasteiger partial charge in [-0.2, -0.15) is 0 Å². The van der Waals surface area contributed by atoms with Crippen LogP contribution in [0.2, 0.25) is 0 Å². The molecule has 3 N–H and O–H groups in total. The maximum atomic E-state index is 11.8. The highest BCUT2D eigenvalue weighted by Crippen LogP contribution is 2.30. The molecule has 0 heterocycles. The molecule has 0 fully saturated rings. The first-order valence-electron chi connectivity index (χ1n) is 5.85. The summed E-state index contributed by atoms with van der Waals surface area (Å²) in [6.45, 7) is 4.44. The molecule has 6 heteroatoms. The maximum absolute atomic E-state index is 11.8. The molecule has 1 unspecified atom stereocenters. The Bertz CT molecular complexity index is 402. The lowest BCUT2D eigenvalue weighted by Crippen LogP contribution is -2.39. The number of anilines is 1. The monoisotopic (exact) mass is 304 g/mol. The number of para-hydroxylation sites is 1. The molecule has 0 saturated carbocycles. The van der Waals surface area contributed by atoms with Crippen molar-refractivity contribution in [2.75, 3.05) is 19.0 Å². The molecule has 0 aliphatic carbocycles. The summed E-state index contributed by atoms with van der Waals surface area (Å²) < 4.78 is 4.87. The van der Waals surface area contributed by atoms with Crippen LogP contribution in [0.15, 0.2) is 29.2 Å². The van der Waals surface area contributed by atoms with E-state index < -0.39 is 6.04 Å². The van der Waals surface area contributed by atoms with Crippen LogP contribution in [-0.2, 0) is 9.53 Å². The lowest BCUT2D eigenvalue weighted by Gasteiger charge is -2.15. The molecular weight excluding hydrogens is 284 g/mol. The topological polar surface area (TPSA) is 64.3 Å². The van der Waals surface area contributed by atoms with Gasteiger partial charge in [0.1, 0.15) is 6.04 Å². The van der Waals surface area contributed by atoms with E-state index in [0.717, 1.165) is 10.6 Å². The average Bonchev–Trinajstić information content (AvgIpc) is 2.31. The van der Waals surface area contributed by atoms with Gasteiger partial charge in [-0.15, -0.1) is 24.2 Å². The molecule has 1 rings (SSSR count). The number of benzene rings is 1. The summed E-state index contributed by atoms with van der Waals surface area (Å²) in [6.07, 6.45) is 0. The summed E-state index contributed by atoms with van der Waals surface area (Å²) in [4.78, 5) is 12.9. The molecule has 108 valence electrons. The minimum Gasteiger partial charge on any atom is -0.383 e. The van der Waals surface area contributed by atoms with Crippen LogP contribution in [0.4, 0.5) is 5.69 Å². The highest BCUT2D eigenvalue weighted by Gasteiger charge is 2.15. The van der Waals surface area contributed by atoms with E-state index in [1.165, 1.54) is 7.11 Å². The molecule has 1 atom stereocenters. The molecule has 0 radical (unpaired) electrons. The van der Waals surface area contributed by atoms with Crippen LogP contribution in [0.25, 0.3) is 0 Å². The summed E-state index contributed by atoms with van der Waals surface area (Å²) in [5.41, 5.74) is 6.48. The fraction of sp³-hybridized carbons (Fsp3) is 0.462. The first-order valence-corrected chi connectivity index (χ1v) is 6.73. The third-order valence-electron chi connectivity index (χ3n) is 2.19. The van der Waals surface area contributed by atoms with E-state index >= 15 is 0 Å². The molecule has 19 heavy (non-hydrogen) atoms. The van der Waals surface area contributed by atoms with Gasteiger partial charge < -0.3 is 15.8 Å². The van der Waals surface area contributed by atoms with Gasteiger partial charge in [0.25, 0.3) is 0 Å². The molecule has 1 amide bonds. The van der Waals surface area contributed by atoms with Crippen molar-refractivity contribution in [3.05, 3.63) is 24.3 Å². The first kappa shape index (κ1) is 18.2. The van der Waals surface area contributed by atoms with Gasteiger partial charge in [-0.05, 0) is 12.1 Å². The number of nitrogens with one attached hydrogen (secondary N) is 1. The molecule has 0 saturated heterocycles. The van der Waals surface area contributed by atoms with Gasteiger partial charge in [-0.3, -0.25) is 4.79 Å². The van der Waals surface area contributed by atoms with Gasteiger partial charge in [-0.25, -0.2) is 0 Å². The molecular formula is C13H21ClN2O2S. The van der Waals surface area contributed by atoms with Crippen molar-refractivity contribution in [1.29, 1.82) is 0 Å². The van der Waals surface area contributed by atoms with Gasteiger partial charge in [0, 0.05) is 17.3 Å². The van der Waals surface area contributed by atoms with Crippen molar-refractivity contribution >= 4 is 35.8 Å². The smallest absolute Gasteiger partial charge is 0.243 e. The SMILES string of the molecule is COCC(N)C(=O)Nc1ccccc1SC(C)C.Cl. The number of carbonyl (C=O) groups is 1. The second-order valence-corrected chi connectivity index (χ2v) is 5.83. The quantitative estimate of drug-likeness (QED) is 0.793. The molecule has 0 bridgehead atoms. The van der Waals surface area contributed by atoms with Gasteiger partial charge in [0.05, 0.1) is 12.3 Å². The number of amides is 1. The largest absolute Gasteiger partial charge is 0.383 e. The number of ether oxygens (including phenoxy) is 1. The molecule has 4 nitrogen and oxygen atoms in total. The predicted octanol–water partition coefficient (Wildman–Crippen LogP) is 2.52. The zero-order chi connectivity index (χ0) is 13.5. The Balaban J connectivity index is 0.00000324. The molecule has 0 aromatic heterocycles. The van der Waals surface area contributed by atoms with Crippen molar-refractivity contribution in [2.24, 2.45) is 5.73 Å². The summed E-state index contributed by atoms with van der Waals surface area (Å²) in [5, 5.41) is 3.29. The minimum atomic E-state index is -0.646. The number of halogens is 1. The Morgan fingerprint density at radius 3 is 2.63 bits per heavy atom. The number of carbonyl (C=O) groups excluding carboxylic acids is 1. The second-order valence-electron chi connectivity index (χ2n) is 4.21. The number of hydrogen-bond acceptors (Lipinski definition) is 4. The summed E-state index contributed by atoms with van der Waals surface area (Å²) in [5.74, 6) is -0.228. The van der Waals surface area contributed by atoms with E-state index in [0.29, 0.717) is 5.25 Å². The van der Waals surface area contributed by atoms with Gasteiger partial charge in [0.2, 0.25) is 5.91 Å².